The van der Waals surface area contributed by atoms with Crippen molar-refractivity contribution in [2.24, 2.45) is 11.3 Å². The van der Waals surface area contributed by atoms with E-state index in [0.29, 0.717) is 24.8 Å². The molecule has 0 spiro atoms. The van der Waals surface area contributed by atoms with Gasteiger partial charge in [-0.15, -0.1) is 0 Å². The topological polar surface area (TPSA) is 78.4 Å². The summed E-state index contributed by atoms with van der Waals surface area (Å²) in [7, 11) is 0. The van der Waals surface area contributed by atoms with Crippen molar-refractivity contribution in [3.63, 3.8) is 0 Å². The Balaban J connectivity index is 1.53. The van der Waals surface area contributed by atoms with Crippen LogP contribution in [-0.4, -0.2) is 35.6 Å². The van der Waals surface area contributed by atoms with Gasteiger partial charge in [0, 0.05) is 12.6 Å². The smallest absolute Gasteiger partial charge is 0.311 e. The minimum atomic E-state index is -0.756. The van der Waals surface area contributed by atoms with Crippen LogP contribution in [0.3, 0.4) is 0 Å². The van der Waals surface area contributed by atoms with Crippen molar-refractivity contribution in [3.05, 3.63) is 0 Å². The fraction of sp³-hybridized carbons (Fsp3) is 0.875. The van der Waals surface area contributed by atoms with Gasteiger partial charge in [0.2, 0.25) is 5.91 Å². The van der Waals surface area contributed by atoms with Crippen LogP contribution in [0, 0.1) is 11.3 Å². The summed E-state index contributed by atoms with van der Waals surface area (Å²) in [5.41, 5.74) is -0.721. The average Bonchev–Trinajstić information content (AvgIpc) is 3.12. The molecule has 3 aliphatic rings. The largest absolute Gasteiger partial charge is 0.481 e. The van der Waals surface area contributed by atoms with Crippen LogP contribution in [0.4, 0.5) is 0 Å². The molecule has 0 aromatic rings. The molecule has 2 aliphatic carbocycles. The molecule has 118 valence electrons. The molecule has 1 aliphatic heterocycles. The number of aliphatic carboxylic acids is 1. The molecule has 3 rings (SSSR count). The zero-order valence-corrected chi connectivity index (χ0v) is 12.6. The molecule has 5 heteroatoms. The number of amides is 1. The molecule has 3 fully saturated rings. The molecule has 0 bridgehead atoms. The number of carboxylic acids is 1. The maximum absolute atomic E-state index is 12.3. The normalized spacial score (nSPS) is 34.4. The lowest BCUT2D eigenvalue weighted by Crippen LogP contribution is -2.48. The van der Waals surface area contributed by atoms with Crippen molar-refractivity contribution in [2.45, 2.75) is 69.9 Å². The Bertz CT molecular complexity index is 404. The molecule has 1 saturated heterocycles. The summed E-state index contributed by atoms with van der Waals surface area (Å²) in [6.45, 7) is 0.286. The molecule has 2 saturated carbocycles. The molecule has 0 radical (unpaired) electrons. The lowest BCUT2D eigenvalue weighted by atomic mass is 9.85. The quantitative estimate of drug-likeness (QED) is 0.737. The van der Waals surface area contributed by atoms with E-state index in [-0.39, 0.29) is 18.5 Å². The summed E-state index contributed by atoms with van der Waals surface area (Å²) in [6.07, 6.45) is 9.12. The van der Waals surface area contributed by atoms with Crippen LogP contribution in [-0.2, 0) is 9.59 Å². The zero-order valence-electron chi connectivity index (χ0n) is 12.6. The van der Waals surface area contributed by atoms with Crippen LogP contribution in [0.25, 0.3) is 0 Å². The fourth-order valence-corrected chi connectivity index (χ4v) is 4.42. The van der Waals surface area contributed by atoms with Crippen LogP contribution in [0.15, 0.2) is 0 Å². The number of fused-ring (bicyclic) bond motifs is 1. The van der Waals surface area contributed by atoms with Gasteiger partial charge in [0.15, 0.2) is 0 Å². The van der Waals surface area contributed by atoms with Gasteiger partial charge in [0.25, 0.3) is 0 Å². The van der Waals surface area contributed by atoms with Crippen LogP contribution < -0.4 is 10.6 Å². The van der Waals surface area contributed by atoms with E-state index in [1.807, 2.05) is 0 Å². The maximum atomic E-state index is 12.3. The second-order valence-corrected chi connectivity index (χ2v) is 7.12. The van der Waals surface area contributed by atoms with Gasteiger partial charge in [-0.1, -0.05) is 25.7 Å². The number of rotatable bonds is 4. The van der Waals surface area contributed by atoms with Crippen LogP contribution >= 0.6 is 0 Å². The molecule has 21 heavy (non-hydrogen) atoms. The zero-order chi connectivity index (χ0) is 14.9. The number of carbonyl (C=O) groups excluding carboxylic acids is 1. The number of carboxylic acid groups (broad SMARTS) is 1. The standard InChI is InChI=1S/C16H26N2O3/c19-14(13-9-11-5-1-2-6-12(11)18-13)17-10-16(15(20)21)7-3-4-8-16/h11-13,18H,1-10H2,(H,17,19)(H,20,21). The van der Waals surface area contributed by atoms with Crippen molar-refractivity contribution in [1.82, 2.24) is 10.6 Å². The Morgan fingerprint density at radius 3 is 2.52 bits per heavy atom. The van der Waals surface area contributed by atoms with Gasteiger partial charge in [0.05, 0.1) is 11.5 Å². The highest BCUT2D eigenvalue weighted by atomic mass is 16.4. The minimum absolute atomic E-state index is 0.00285. The number of hydrogen-bond acceptors (Lipinski definition) is 3. The van der Waals surface area contributed by atoms with E-state index < -0.39 is 11.4 Å². The van der Waals surface area contributed by atoms with Crippen molar-refractivity contribution in [1.29, 1.82) is 0 Å². The van der Waals surface area contributed by atoms with Crippen molar-refractivity contribution in [2.75, 3.05) is 6.54 Å². The van der Waals surface area contributed by atoms with E-state index in [0.717, 1.165) is 19.3 Å². The molecule has 1 amide bonds. The molecule has 1 heterocycles. The maximum Gasteiger partial charge on any atom is 0.311 e. The Morgan fingerprint density at radius 2 is 1.86 bits per heavy atom. The predicted octanol–water partition coefficient (Wildman–Crippen LogP) is 1.67. The van der Waals surface area contributed by atoms with Crippen LogP contribution in [0.2, 0.25) is 0 Å². The average molecular weight is 294 g/mol. The van der Waals surface area contributed by atoms with Gasteiger partial charge in [-0.05, 0) is 38.0 Å². The molecule has 3 unspecified atom stereocenters. The third-order valence-electron chi connectivity index (χ3n) is 5.79. The number of hydrogen-bond donors (Lipinski definition) is 3. The first-order valence-corrected chi connectivity index (χ1v) is 8.38. The van der Waals surface area contributed by atoms with Gasteiger partial charge in [-0.3, -0.25) is 9.59 Å². The molecule has 0 aromatic heterocycles. The van der Waals surface area contributed by atoms with Gasteiger partial charge in [-0.2, -0.15) is 0 Å². The molecule has 3 atom stereocenters. The Hall–Kier alpha value is -1.10. The second kappa shape index (κ2) is 5.95. The van der Waals surface area contributed by atoms with E-state index in [4.69, 9.17) is 0 Å². The summed E-state index contributed by atoms with van der Waals surface area (Å²) in [5.74, 6) is -0.125. The van der Waals surface area contributed by atoms with Gasteiger partial charge in [-0.25, -0.2) is 0 Å². The fourth-order valence-electron chi connectivity index (χ4n) is 4.42. The molecule has 0 aromatic carbocycles. The lowest BCUT2D eigenvalue weighted by molar-refractivity contribution is -0.148. The Kier molecular flexibility index (Phi) is 4.20. The predicted molar refractivity (Wildman–Crippen MR) is 78.8 cm³/mol. The first kappa shape index (κ1) is 14.8. The third kappa shape index (κ3) is 2.93. The summed E-state index contributed by atoms with van der Waals surface area (Å²) < 4.78 is 0. The Morgan fingerprint density at radius 1 is 1.14 bits per heavy atom. The van der Waals surface area contributed by atoms with Crippen molar-refractivity contribution >= 4 is 11.9 Å². The van der Waals surface area contributed by atoms with E-state index in [2.05, 4.69) is 10.6 Å². The first-order valence-electron chi connectivity index (χ1n) is 8.38. The summed E-state index contributed by atoms with van der Waals surface area (Å²) in [6, 6.07) is 0.375. The van der Waals surface area contributed by atoms with Crippen molar-refractivity contribution in [3.8, 4) is 0 Å². The van der Waals surface area contributed by atoms with E-state index in [9.17, 15) is 14.7 Å². The molecule has 5 nitrogen and oxygen atoms in total. The summed E-state index contributed by atoms with van der Waals surface area (Å²) in [4.78, 5) is 23.8. The van der Waals surface area contributed by atoms with Gasteiger partial charge in [0.1, 0.15) is 0 Å². The Labute approximate surface area is 125 Å². The lowest BCUT2D eigenvalue weighted by Gasteiger charge is -2.25. The second-order valence-electron chi connectivity index (χ2n) is 7.12. The number of carbonyl (C=O) groups is 2. The highest BCUT2D eigenvalue weighted by molar-refractivity contribution is 5.83. The first-order chi connectivity index (χ1) is 10.1. The summed E-state index contributed by atoms with van der Waals surface area (Å²) in [5, 5.41) is 15.8. The molecular formula is C16H26N2O3. The monoisotopic (exact) mass is 294 g/mol. The molecular weight excluding hydrogens is 268 g/mol. The molecule has 3 N–H and O–H groups in total. The number of nitrogens with one attached hydrogen (secondary N) is 2. The summed E-state index contributed by atoms with van der Waals surface area (Å²) >= 11 is 0. The van der Waals surface area contributed by atoms with E-state index >= 15 is 0 Å². The SMILES string of the molecule is O=C(NCC1(C(=O)O)CCCC1)C1CC2CCCCC2N1. The highest BCUT2D eigenvalue weighted by Crippen LogP contribution is 2.38. The van der Waals surface area contributed by atoms with Gasteiger partial charge >= 0.3 is 5.97 Å². The minimum Gasteiger partial charge on any atom is -0.481 e. The highest BCUT2D eigenvalue weighted by Gasteiger charge is 2.43. The van der Waals surface area contributed by atoms with Crippen molar-refractivity contribution < 1.29 is 14.7 Å². The van der Waals surface area contributed by atoms with Crippen LogP contribution in [0.1, 0.15) is 57.8 Å². The van der Waals surface area contributed by atoms with Gasteiger partial charge < -0.3 is 15.7 Å². The third-order valence-corrected chi connectivity index (χ3v) is 5.79. The van der Waals surface area contributed by atoms with E-state index in [1.165, 1.54) is 25.7 Å². The van der Waals surface area contributed by atoms with Crippen LogP contribution in [0.5, 0.6) is 0 Å². The van der Waals surface area contributed by atoms with E-state index in [1.54, 1.807) is 0 Å².